The third-order valence-electron chi connectivity index (χ3n) is 3.96. The summed E-state index contributed by atoms with van der Waals surface area (Å²) in [5.74, 6) is 0.893. The first-order valence-electron chi connectivity index (χ1n) is 7.64. The molecular weight excluding hydrogens is 288 g/mol. The molecule has 0 spiro atoms. The molecule has 1 heterocycles. The summed E-state index contributed by atoms with van der Waals surface area (Å²) in [4.78, 5) is 13.1. The minimum Gasteiger partial charge on any atom is -0.459 e. The summed E-state index contributed by atoms with van der Waals surface area (Å²) in [7, 11) is 1.77. The van der Waals surface area contributed by atoms with Crippen LogP contribution in [-0.4, -0.2) is 13.0 Å². The molecule has 3 rings (SSSR count). The van der Waals surface area contributed by atoms with Crippen molar-refractivity contribution < 1.29 is 9.21 Å². The van der Waals surface area contributed by atoms with E-state index >= 15 is 0 Å². The van der Waals surface area contributed by atoms with Gasteiger partial charge in [-0.25, -0.2) is 0 Å². The Hall–Kier alpha value is -2.75. The number of carbonyl (C=O) groups is 1. The fourth-order valence-electron chi connectivity index (χ4n) is 2.52. The lowest BCUT2D eigenvalue weighted by atomic mass is 10.2. The molecule has 1 atom stereocenters. The van der Waals surface area contributed by atoms with Crippen molar-refractivity contribution in [3.8, 4) is 0 Å². The number of hydrogen-bond acceptors (Lipinski definition) is 3. The largest absolute Gasteiger partial charge is 0.459 e. The van der Waals surface area contributed by atoms with Gasteiger partial charge < -0.3 is 14.6 Å². The van der Waals surface area contributed by atoms with E-state index in [0.29, 0.717) is 0 Å². The van der Waals surface area contributed by atoms with E-state index in [1.165, 1.54) is 0 Å². The molecule has 0 aliphatic rings. The van der Waals surface area contributed by atoms with Crippen LogP contribution in [-0.2, 0) is 4.79 Å². The van der Waals surface area contributed by atoms with E-state index in [9.17, 15) is 4.79 Å². The van der Waals surface area contributed by atoms with Gasteiger partial charge in [0.25, 0.3) is 0 Å². The number of nitrogens with one attached hydrogen (secondary N) is 1. The molecule has 4 heteroatoms. The van der Waals surface area contributed by atoms with Gasteiger partial charge >= 0.3 is 0 Å². The van der Waals surface area contributed by atoms with E-state index in [2.05, 4.69) is 18.3 Å². The summed E-state index contributed by atoms with van der Waals surface area (Å²) < 4.78 is 5.89. The Balaban J connectivity index is 1.81. The SMILES string of the molecule is CC(=O)N(C)c1cccc(NC(C)c2cc3ccccc3o2)c1. The predicted octanol–water partition coefficient (Wildman–Crippen LogP) is 4.59. The molecule has 1 aromatic heterocycles. The van der Waals surface area contributed by atoms with Gasteiger partial charge in [-0.05, 0) is 37.3 Å². The van der Waals surface area contributed by atoms with Crippen molar-refractivity contribution in [1.82, 2.24) is 0 Å². The molecule has 0 radical (unpaired) electrons. The van der Waals surface area contributed by atoms with Gasteiger partial charge in [0.15, 0.2) is 0 Å². The zero-order valence-corrected chi connectivity index (χ0v) is 13.5. The zero-order valence-electron chi connectivity index (χ0n) is 13.5. The highest BCUT2D eigenvalue weighted by molar-refractivity contribution is 5.91. The van der Waals surface area contributed by atoms with Crippen LogP contribution in [0.2, 0.25) is 0 Å². The minimum atomic E-state index is 0.00693. The van der Waals surface area contributed by atoms with Crippen molar-refractivity contribution in [3.05, 3.63) is 60.4 Å². The number of anilines is 2. The summed E-state index contributed by atoms with van der Waals surface area (Å²) in [5, 5.41) is 4.52. The number of para-hydroxylation sites is 1. The molecule has 0 aliphatic carbocycles. The normalized spacial score (nSPS) is 12.1. The number of carbonyl (C=O) groups excluding carboxylic acids is 1. The number of furan rings is 1. The van der Waals surface area contributed by atoms with Crippen molar-refractivity contribution in [2.45, 2.75) is 19.9 Å². The van der Waals surface area contributed by atoms with Crippen LogP contribution in [0.15, 0.2) is 59.0 Å². The van der Waals surface area contributed by atoms with Gasteiger partial charge in [0.2, 0.25) is 5.91 Å². The Bertz CT molecular complexity index is 805. The molecule has 0 saturated carbocycles. The summed E-state index contributed by atoms with van der Waals surface area (Å²) in [6.45, 7) is 3.61. The summed E-state index contributed by atoms with van der Waals surface area (Å²) in [5.41, 5.74) is 2.70. The predicted molar refractivity (Wildman–Crippen MR) is 93.8 cm³/mol. The summed E-state index contributed by atoms with van der Waals surface area (Å²) in [6.07, 6.45) is 0. The van der Waals surface area contributed by atoms with Crippen molar-refractivity contribution >= 4 is 28.3 Å². The van der Waals surface area contributed by atoms with Crippen molar-refractivity contribution in [2.24, 2.45) is 0 Å². The fourth-order valence-corrected chi connectivity index (χ4v) is 2.52. The molecule has 4 nitrogen and oxygen atoms in total. The first-order valence-corrected chi connectivity index (χ1v) is 7.64. The molecule has 23 heavy (non-hydrogen) atoms. The van der Waals surface area contributed by atoms with Crippen LogP contribution in [0.4, 0.5) is 11.4 Å². The second kappa shape index (κ2) is 6.16. The molecule has 1 amide bonds. The summed E-state index contributed by atoms with van der Waals surface area (Å²) >= 11 is 0. The molecule has 1 N–H and O–H groups in total. The van der Waals surface area contributed by atoms with Gasteiger partial charge in [-0.3, -0.25) is 4.79 Å². The van der Waals surface area contributed by atoms with Crippen LogP contribution >= 0.6 is 0 Å². The molecule has 118 valence electrons. The van der Waals surface area contributed by atoms with Crippen LogP contribution in [0.25, 0.3) is 11.0 Å². The Morgan fingerprint density at radius 3 is 2.65 bits per heavy atom. The zero-order chi connectivity index (χ0) is 16.4. The summed E-state index contributed by atoms with van der Waals surface area (Å²) in [6, 6.07) is 17.8. The number of hydrogen-bond donors (Lipinski definition) is 1. The number of fused-ring (bicyclic) bond motifs is 1. The average Bonchev–Trinajstić information content (AvgIpc) is 2.98. The molecule has 0 bridgehead atoms. The second-order valence-corrected chi connectivity index (χ2v) is 5.68. The van der Waals surface area contributed by atoms with Crippen molar-refractivity contribution in [3.63, 3.8) is 0 Å². The van der Waals surface area contributed by atoms with Gasteiger partial charge in [-0.2, -0.15) is 0 Å². The maximum absolute atomic E-state index is 11.5. The topological polar surface area (TPSA) is 45.5 Å². The third-order valence-corrected chi connectivity index (χ3v) is 3.96. The average molecular weight is 308 g/mol. The molecule has 0 fully saturated rings. The maximum Gasteiger partial charge on any atom is 0.223 e. The maximum atomic E-state index is 11.5. The quantitative estimate of drug-likeness (QED) is 0.767. The highest BCUT2D eigenvalue weighted by Crippen LogP contribution is 2.27. The first-order chi connectivity index (χ1) is 11.0. The smallest absolute Gasteiger partial charge is 0.223 e. The van der Waals surface area contributed by atoms with Crippen LogP contribution in [0.3, 0.4) is 0 Å². The monoisotopic (exact) mass is 308 g/mol. The van der Waals surface area contributed by atoms with Gasteiger partial charge in [0.1, 0.15) is 11.3 Å². The van der Waals surface area contributed by atoms with E-state index in [4.69, 9.17) is 4.42 Å². The first kappa shape index (κ1) is 15.2. The number of rotatable bonds is 4. The molecule has 2 aromatic carbocycles. The highest BCUT2D eigenvalue weighted by Gasteiger charge is 2.12. The lowest BCUT2D eigenvalue weighted by Crippen LogP contribution is -2.22. The lowest BCUT2D eigenvalue weighted by molar-refractivity contribution is -0.116. The van der Waals surface area contributed by atoms with E-state index < -0.39 is 0 Å². The van der Waals surface area contributed by atoms with Crippen molar-refractivity contribution in [1.29, 1.82) is 0 Å². The van der Waals surface area contributed by atoms with E-state index in [1.807, 2.05) is 48.5 Å². The van der Waals surface area contributed by atoms with Crippen LogP contribution < -0.4 is 10.2 Å². The van der Waals surface area contributed by atoms with Crippen LogP contribution in [0.1, 0.15) is 25.6 Å². The number of benzene rings is 2. The minimum absolute atomic E-state index is 0.00693. The highest BCUT2D eigenvalue weighted by atomic mass is 16.3. The third kappa shape index (κ3) is 3.21. The molecule has 3 aromatic rings. The number of amides is 1. The van der Waals surface area contributed by atoms with Gasteiger partial charge in [-0.1, -0.05) is 24.3 Å². The number of nitrogens with zero attached hydrogens (tertiary/aromatic N) is 1. The van der Waals surface area contributed by atoms with Crippen LogP contribution in [0.5, 0.6) is 0 Å². The van der Waals surface area contributed by atoms with Gasteiger partial charge in [0.05, 0.1) is 6.04 Å². The standard InChI is InChI=1S/C19H20N2O2/c1-13(19-11-15-7-4-5-10-18(15)23-19)20-16-8-6-9-17(12-16)21(3)14(2)22/h4-13,20H,1-3H3. The second-order valence-electron chi connectivity index (χ2n) is 5.68. The van der Waals surface area contributed by atoms with Crippen molar-refractivity contribution in [2.75, 3.05) is 17.3 Å². The van der Waals surface area contributed by atoms with Gasteiger partial charge in [-0.15, -0.1) is 0 Å². The molecular formula is C19H20N2O2. The van der Waals surface area contributed by atoms with Crippen LogP contribution in [0, 0.1) is 0 Å². The van der Waals surface area contributed by atoms with Gasteiger partial charge in [0, 0.05) is 30.7 Å². The Kier molecular flexibility index (Phi) is 4.06. The Morgan fingerprint density at radius 2 is 1.91 bits per heavy atom. The lowest BCUT2D eigenvalue weighted by Gasteiger charge is -2.18. The van der Waals surface area contributed by atoms with E-state index in [-0.39, 0.29) is 11.9 Å². The molecule has 0 saturated heterocycles. The molecule has 0 aliphatic heterocycles. The van der Waals surface area contributed by atoms with E-state index in [0.717, 1.165) is 28.1 Å². The Labute approximate surface area is 135 Å². The fraction of sp³-hybridized carbons (Fsp3) is 0.211. The van der Waals surface area contributed by atoms with E-state index in [1.54, 1.807) is 18.9 Å². The molecule has 1 unspecified atom stereocenters. The Morgan fingerprint density at radius 1 is 1.13 bits per heavy atom.